The molecule has 1 fully saturated rings. The Hall–Kier alpha value is -2.65. The van der Waals surface area contributed by atoms with Crippen LogP contribution in [0.25, 0.3) is 0 Å². The quantitative estimate of drug-likeness (QED) is 0.641. The molecule has 0 radical (unpaired) electrons. The molecule has 2 aromatic heterocycles. The summed E-state index contributed by atoms with van der Waals surface area (Å²) in [4.78, 5) is 28.6. The molecule has 3 aromatic rings. The Labute approximate surface area is 169 Å². The zero-order valence-electron chi connectivity index (χ0n) is 14.7. The molecule has 0 aliphatic heterocycles. The number of nitrogens with one attached hydrogen (secondary N) is 1. The average molecular weight is 417 g/mol. The minimum atomic E-state index is -0.734. The third kappa shape index (κ3) is 4.10. The van der Waals surface area contributed by atoms with E-state index in [1.54, 1.807) is 22.4 Å². The Morgan fingerprint density at radius 3 is 2.64 bits per heavy atom. The van der Waals surface area contributed by atoms with Crippen molar-refractivity contribution in [3.63, 3.8) is 0 Å². The number of amides is 2. The number of nitrogens with zero attached hydrogens (tertiary/aromatic N) is 3. The molecule has 6 nitrogen and oxygen atoms in total. The molecule has 0 spiro atoms. The summed E-state index contributed by atoms with van der Waals surface area (Å²) < 4.78 is 16.9. The first kappa shape index (κ1) is 18.7. The summed E-state index contributed by atoms with van der Waals surface area (Å²) >= 11 is 2.54. The zero-order chi connectivity index (χ0) is 19.5. The van der Waals surface area contributed by atoms with E-state index < -0.39 is 6.04 Å². The van der Waals surface area contributed by atoms with E-state index in [1.807, 2.05) is 17.5 Å². The number of carbonyl (C=O) groups is 2. The van der Waals surface area contributed by atoms with E-state index in [4.69, 9.17) is 0 Å². The lowest BCUT2D eigenvalue weighted by Crippen LogP contribution is -2.44. The first-order chi connectivity index (χ1) is 13.6. The molecule has 1 N–H and O–H groups in total. The Bertz CT molecular complexity index is 941. The highest BCUT2D eigenvalue weighted by Crippen LogP contribution is 2.37. The fourth-order valence-electron chi connectivity index (χ4n) is 2.96. The molecule has 1 aliphatic rings. The van der Waals surface area contributed by atoms with Crippen LogP contribution in [-0.2, 0) is 11.3 Å². The van der Waals surface area contributed by atoms with Crippen LogP contribution in [0.5, 0.6) is 0 Å². The minimum Gasteiger partial charge on any atom is -0.350 e. The summed E-state index contributed by atoms with van der Waals surface area (Å²) in [5.41, 5.74) is 1.04. The standard InChI is InChI=1S/C19H17FN4O2S2/c20-13-5-3-12(4-6-13)10-21-18(25)17(16-2-1-9-27-16)24(14-7-8-14)19(26)15-11-28-23-22-15/h1-6,9,11,14,17H,7-8,10H2,(H,21,25)/t17-/m1/s1. The number of thiophene rings is 1. The summed E-state index contributed by atoms with van der Waals surface area (Å²) in [6.45, 7) is 0.256. The lowest BCUT2D eigenvalue weighted by molar-refractivity contribution is -0.126. The van der Waals surface area contributed by atoms with Crippen LogP contribution in [0.2, 0.25) is 0 Å². The number of benzene rings is 1. The van der Waals surface area contributed by atoms with Crippen molar-refractivity contribution in [2.45, 2.75) is 31.5 Å². The Morgan fingerprint density at radius 2 is 2.04 bits per heavy atom. The second kappa shape index (κ2) is 8.15. The van der Waals surface area contributed by atoms with Crippen molar-refractivity contribution >= 4 is 34.7 Å². The number of aromatic nitrogens is 2. The van der Waals surface area contributed by atoms with Gasteiger partial charge >= 0.3 is 0 Å². The van der Waals surface area contributed by atoms with Crippen LogP contribution in [0.1, 0.15) is 39.8 Å². The van der Waals surface area contributed by atoms with Gasteiger partial charge in [-0.3, -0.25) is 9.59 Å². The van der Waals surface area contributed by atoms with Crippen LogP contribution in [-0.4, -0.2) is 32.3 Å². The maximum Gasteiger partial charge on any atom is 0.276 e. The predicted molar refractivity (Wildman–Crippen MR) is 104 cm³/mol. The molecule has 0 unspecified atom stereocenters. The van der Waals surface area contributed by atoms with Crippen molar-refractivity contribution in [2.24, 2.45) is 0 Å². The molecule has 144 valence electrons. The average Bonchev–Trinajstić information content (AvgIpc) is 3.16. The Kier molecular flexibility index (Phi) is 5.45. The topological polar surface area (TPSA) is 75.2 Å². The van der Waals surface area contributed by atoms with Crippen LogP contribution >= 0.6 is 22.9 Å². The van der Waals surface area contributed by atoms with Gasteiger partial charge in [0, 0.05) is 22.8 Å². The molecular weight excluding hydrogens is 399 g/mol. The SMILES string of the molecule is O=C(NCc1ccc(F)cc1)[C@@H](c1cccs1)N(C(=O)c1csnn1)C1CC1. The van der Waals surface area contributed by atoms with Crippen LogP contribution < -0.4 is 5.32 Å². The number of hydrogen-bond acceptors (Lipinski definition) is 6. The van der Waals surface area contributed by atoms with Gasteiger partial charge in [-0.1, -0.05) is 22.7 Å². The number of carbonyl (C=O) groups excluding carboxylic acids is 2. The molecule has 1 atom stereocenters. The van der Waals surface area contributed by atoms with E-state index in [-0.39, 0.29) is 35.9 Å². The predicted octanol–water partition coefficient (Wildman–Crippen LogP) is 3.40. The van der Waals surface area contributed by atoms with Crippen LogP contribution in [0.4, 0.5) is 4.39 Å². The molecule has 0 saturated heterocycles. The normalized spacial score (nSPS) is 14.5. The summed E-state index contributed by atoms with van der Waals surface area (Å²) in [5.74, 6) is -0.879. The first-order valence-corrected chi connectivity index (χ1v) is 10.5. The van der Waals surface area contributed by atoms with Crippen molar-refractivity contribution in [1.29, 1.82) is 0 Å². The Morgan fingerprint density at radius 1 is 1.25 bits per heavy atom. The second-order valence-corrected chi connectivity index (χ2v) is 8.09. The number of halogens is 1. The second-order valence-electron chi connectivity index (χ2n) is 6.50. The van der Waals surface area contributed by atoms with Gasteiger partial charge in [0.25, 0.3) is 5.91 Å². The fraction of sp³-hybridized carbons (Fsp3) is 0.263. The van der Waals surface area contributed by atoms with E-state index in [2.05, 4.69) is 14.9 Å². The maximum atomic E-state index is 13.1. The van der Waals surface area contributed by atoms with E-state index in [0.29, 0.717) is 0 Å². The van der Waals surface area contributed by atoms with Crippen molar-refractivity contribution in [2.75, 3.05) is 0 Å². The van der Waals surface area contributed by atoms with Gasteiger partial charge in [-0.2, -0.15) is 0 Å². The fourth-order valence-corrected chi connectivity index (χ4v) is 4.22. The third-order valence-electron chi connectivity index (χ3n) is 4.47. The molecule has 2 heterocycles. The summed E-state index contributed by atoms with van der Waals surface area (Å²) in [6.07, 6.45) is 1.72. The van der Waals surface area contributed by atoms with E-state index in [0.717, 1.165) is 34.8 Å². The van der Waals surface area contributed by atoms with Crippen molar-refractivity contribution in [3.05, 3.63) is 69.1 Å². The summed E-state index contributed by atoms with van der Waals surface area (Å²) in [7, 11) is 0. The molecule has 0 bridgehead atoms. The van der Waals surface area contributed by atoms with Crippen LogP contribution in [0.3, 0.4) is 0 Å². The van der Waals surface area contributed by atoms with Gasteiger partial charge in [-0.15, -0.1) is 16.4 Å². The van der Waals surface area contributed by atoms with E-state index in [9.17, 15) is 14.0 Å². The van der Waals surface area contributed by atoms with Crippen LogP contribution in [0, 0.1) is 5.82 Å². The molecular formula is C19H17FN4O2S2. The minimum absolute atomic E-state index is 0.0119. The molecule has 1 aliphatic carbocycles. The number of rotatable bonds is 7. The van der Waals surface area contributed by atoms with Gasteiger partial charge in [0.05, 0.1) is 0 Å². The van der Waals surface area contributed by atoms with E-state index in [1.165, 1.54) is 23.5 Å². The Balaban J connectivity index is 1.58. The largest absolute Gasteiger partial charge is 0.350 e. The molecule has 1 aromatic carbocycles. The molecule has 2 amide bonds. The smallest absolute Gasteiger partial charge is 0.276 e. The highest BCUT2D eigenvalue weighted by Gasteiger charge is 2.42. The van der Waals surface area contributed by atoms with Gasteiger partial charge in [-0.05, 0) is 53.5 Å². The number of hydrogen-bond donors (Lipinski definition) is 1. The van der Waals surface area contributed by atoms with Crippen molar-refractivity contribution in [3.8, 4) is 0 Å². The molecule has 4 rings (SSSR count). The molecule has 1 saturated carbocycles. The highest BCUT2D eigenvalue weighted by atomic mass is 32.1. The van der Waals surface area contributed by atoms with Gasteiger partial charge < -0.3 is 10.2 Å². The third-order valence-corrected chi connectivity index (χ3v) is 5.90. The van der Waals surface area contributed by atoms with Crippen molar-refractivity contribution in [1.82, 2.24) is 19.8 Å². The molecule has 9 heteroatoms. The van der Waals surface area contributed by atoms with Gasteiger partial charge in [0.1, 0.15) is 11.9 Å². The summed E-state index contributed by atoms with van der Waals surface area (Å²) in [5, 5.41) is 10.3. The maximum absolute atomic E-state index is 13.1. The van der Waals surface area contributed by atoms with Gasteiger partial charge in [-0.25, -0.2) is 4.39 Å². The highest BCUT2D eigenvalue weighted by molar-refractivity contribution is 7.10. The van der Waals surface area contributed by atoms with Crippen LogP contribution in [0.15, 0.2) is 47.2 Å². The van der Waals surface area contributed by atoms with Crippen molar-refractivity contribution < 1.29 is 14.0 Å². The zero-order valence-corrected chi connectivity index (χ0v) is 16.4. The lowest BCUT2D eigenvalue weighted by Gasteiger charge is -2.30. The summed E-state index contributed by atoms with van der Waals surface area (Å²) in [6, 6.07) is 8.96. The van der Waals surface area contributed by atoms with Gasteiger partial charge in [0.15, 0.2) is 5.69 Å². The molecule has 28 heavy (non-hydrogen) atoms. The first-order valence-electron chi connectivity index (χ1n) is 8.79. The van der Waals surface area contributed by atoms with E-state index >= 15 is 0 Å². The van der Waals surface area contributed by atoms with Gasteiger partial charge in [0.2, 0.25) is 5.91 Å². The lowest BCUT2D eigenvalue weighted by atomic mass is 10.1. The monoisotopic (exact) mass is 416 g/mol.